The van der Waals surface area contributed by atoms with Crippen LogP contribution in [0.1, 0.15) is 55.8 Å². The molecule has 2 atom stereocenters. The third-order valence-corrected chi connectivity index (χ3v) is 7.59. The van der Waals surface area contributed by atoms with Crippen molar-refractivity contribution in [2.24, 2.45) is 23.2 Å². The molecule has 5 aliphatic rings. The number of ether oxygens (including phenoxy) is 1. The Morgan fingerprint density at radius 2 is 1.73 bits per heavy atom. The van der Waals surface area contributed by atoms with Crippen molar-refractivity contribution in [3.63, 3.8) is 0 Å². The fourth-order valence-electron chi connectivity index (χ4n) is 6.97. The Morgan fingerprint density at radius 1 is 1.12 bits per heavy atom. The van der Waals surface area contributed by atoms with Crippen LogP contribution >= 0.6 is 0 Å². The Bertz CT molecular complexity index is 699. The molecular formula is C21H28FNO3. The average molecular weight is 361 g/mol. The highest BCUT2D eigenvalue weighted by atomic mass is 19.1. The Kier molecular flexibility index (Phi) is 3.77. The van der Waals surface area contributed by atoms with Gasteiger partial charge in [0.2, 0.25) is 0 Å². The van der Waals surface area contributed by atoms with Crippen molar-refractivity contribution in [2.75, 3.05) is 13.6 Å². The summed E-state index contributed by atoms with van der Waals surface area (Å²) in [6, 6.07) is 1.34. The summed E-state index contributed by atoms with van der Waals surface area (Å²) in [5.74, 6) is 0.772. The van der Waals surface area contributed by atoms with Crippen LogP contribution in [0.15, 0.2) is 6.07 Å². The Hall–Kier alpha value is -1.33. The van der Waals surface area contributed by atoms with Gasteiger partial charge in [-0.3, -0.25) is 0 Å². The van der Waals surface area contributed by atoms with Crippen molar-refractivity contribution in [3.8, 4) is 11.5 Å². The van der Waals surface area contributed by atoms with Gasteiger partial charge in [0, 0.05) is 18.5 Å². The van der Waals surface area contributed by atoms with E-state index in [2.05, 4.69) is 5.32 Å². The lowest BCUT2D eigenvalue weighted by atomic mass is 9.47. The fraction of sp³-hybridized carbons (Fsp3) is 0.714. The number of phenols is 2. The van der Waals surface area contributed by atoms with Crippen LogP contribution in [0.4, 0.5) is 4.39 Å². The fourth-order valence-corrected chi connectivity index (χ4v) is 6.97. The maximum atomic E-state index is 14.0. The minimum atomic E-state index is -0.779. The molecule has 0 aromatic heterocycles. The van der Waals surface area contributed by atoms with Crippen LogP contribution in [0.25, 0.3) is 0 Å². The number of nitrogens with one attached hydrogen (secondary N) is 1. The number of hydrogen-bond donors (Lipinski definition) is 3. The van der Waals surface area contributed by atoms with Crippen LogP contribution in [0.3, 0.4) is 0 Å². The summed E-state index contributed by atoms with van der Waals surface area (Å²) >= 11 is 0. The number of phenolic OH excluding ortho intramolecular Hbond substituents is 2. The standard InChI is InChI=1S/C21H28FNO3/c1-23-10-17-14-5-16(22)20(25)19(24)15(14)6-18(26-17)21-7-11-2-12(8-21)4-13(3-11)9-21/h5,11-13,17-18,23-25H,2-4,6-10H2,1H3. The highest BCUT2D eigenvalue weighted by Crippen LogP contribution is 2.63. The molecule has 4 fully saturated rings. The van der Waals surface area contributed by atoms with Crippen molar-refractivity contribution in [1.82, 2.24) is 5.32 Å². The summed E-state index contributed by atoms with van der Waals surface area (Å²) in [5, 5.41) is 23.5. The summed E-state index contributed by atoms with van der Waals surface area (Å²) in [7, 11) is 1.86. The third-order valence-electron chi connectivity index (χ3n) is 7.59. The normalized spacial score (nSPS) is 40.6. The molecular weight excluding hydrogens is 333 g/mol. The van der Waals surface area contributed by atoms with E-state index >= 15 is 0 Å². The van der Waals surface area contributed by atoms with E-state index < -0.39 is 11.6 Å². The van der Waals surface area contributed by atoms with Crippen molar-refractivity contribution in [3.05, 3.63) is 23.0 Å². The van der Waals surface area contributed by atoms with E-state index in [-0.39, 0.29) is 23.4 Å². The van der Waals surface area contributed by atoms with E-state index in [1.54, 1.807) is 0 Å². The first-order chi connectivity index (χ1) is 12.5. The molecule has 1 heterocycles. The van der Waals surface area contributed by atoms with Crippen LogP contribution in [-0.2, 0) is 11.2 Å². The number of hydrogen-bond acceptors (Lipinski definition) is 4. The molecule has 4 saturated carbocycles. The van der Waals surface area contributed by atoms with Crippen LogP contribution < -0.4 is 5.32 Å². The second-order valence-electron chi connectivity index (χ2n) is 9.28. The van der Waals surface area contributed by atoms with Gasteiger partial charge in [-0.2, -0.15) is 0 Å². The Labute approximate surface area is 153 Å². The third kappa shape index (κ3) is 2.40. The maximum absolute atomic E-state index is 14.0. The SMILES string of the molecule is CNCC1OC(C23CC4CC(CC(C4)C2)C3)Cc2c1cc(F)c(O)c2O. The van der Waals surface area contributed by atoms with Gasteiger partial charge in [-0.1, -0.05) is 0 Å². The lowest BCUT2D eigenvalue weighted by Crippen LogP contribution is -2.54. The molecule has 1 aromatic carbocycles. The highest BCUT2D eigenvalue weighted by molar-refractivity contribution is 5.52. The van der Waals surface area contributed by atoms with Gasteiger partial charge >= 0.3 is 0 Å². The summed E-state index contributed by atoms with van der Waals surface area (Å²) in [6.07, 6.45) is 8.11. The Balaban J connectivity index is 1.53. The smallest absolute Gasteiger partial charge is 0.194 e. The zero-order chi connectivity index (χ0) is 18.1. The number of likely N-dealkylation sites (N-methyl/N-ethyl adjacent to an activating group) is 1. The maximum Gasteiger partial charge on any atom is 0.194 e. The van der Waals surface area contributed by atoms with Crippen LogP contribution in [0.5, 0.6) is 11.5 Å². The summed E-state index contributed by atoms with van der Waals surface area (Å²) in [5.41, 5.74) is 1.54. The van der Waals surface area contributed by atoms with E-state index in [1.807, 2.05) is 7.05 Å². The molecule has 1 aromatic rings. The molecule has 4 bridgehead atoms. The van der Waals surface area contributed by atoms with Crippen LogP contribution in [0, 0.1) is 29.0 Å². The van der Waals surface area contributed by atoms with Crippen molar-refractivity contribution < 1.29 is 19.3 Å². The summed E-state index contributed by atoms with van der Waals surface area (Å²) in [6.45, 7) is 0.569. The molecule has 4 nitrogen and oxygen atoms in total. The summed E-state index contributed by atoms with van der Waals surface area (Å²) in [4.78, 5) is 0. The van der Waals surface area contributed by atoms with E-state index in [0.29, 0.717) is 24.1 Å². The quantitative estimate of drug-likeness (QED) is 0.719. The lowest BCUT2D eigenvalue weighted by Gasteiger charge is -2.60. The minimum Gasteiger partial charge on any atom is -0.504 e. The van der Waals surface area contributed by atoms with Crippen molar-refractivity contribution >= 4 is 0 Å². The van der Waals surface area contributed by atoms with Gasteiger partial charge in [-0.15, -0.1) is 0 Å². The zero-order valence-corrected chi connectivity index (χ0v) is 15.3. The van der Waals surface area contributed by atoms with Gasteiger partial charge in [-0.25, -0.2) is 4.39 Å². The molecule has 2 unspecified atom stereocenters. The first-order valence-electron chi connectivity index (χ1n) is 10.0. The topological polar surface area (TPSA) is 61.7 Å². The number of benzene rings is 1. The van der Waals surface area contributed by atoms with Crippen LogP contribution in [-0.4, -0.2) is 29.9 Å². The van der Waals surface area contributed by atoms with Gasteiger partial charge in [0.05, 0.1) is 12.2 Å². The average Bonchev–Trinajstić information content (AvgIpc) is 2.59. The number of aromatic hydroxyl groups is 2. The number of halogens is 1. The van der Waals surface area contributed by atoms with E-state index in [9.17, 15) is 14.6 Å². The Morgan fingerprint density at radius 3 is 2.31 bits per heavy atom. The van der Waals surface area contributed by atoms with Crippen molar-refractivity contribution in [1.29, 1.82) is 0 Å². The predicted octanol–water partition coefficient (Wildman–Crippen LogP) is 3.66. The molecule has 0 saturated heterocycles. The second-order valence-corrected chi connectivity index (χ2v) is 9.28. The van der Waals surface area contributed by atoms with Crippen molar-refractivity contribution in [2.45, 2.75) is 57.2 Å². The van der Waals surface area contributed by atoms with Gasteiger partial charge in [0.25, 0.3) is 0 Å². The molecule has 6 rings (SSSR count). The molecule has 0 radical (unpaired) electrons. The monoisotopic (exact) mass is 361 g/mol. The largest absolute Gasteiger partial charge is 0.504 e. The molecule has 5 heteroatoms. The first kappa shape index (κ1) is 16.8. The molecule has 26 heavy (non-hydrogen) atoms. The van der Waals surface area contributed by atoms with Gasteiger partial charge < -0.3 is 20.3 Å². The number of rotatable bonds is 3. The molecule has 142 valence electrons. The zero-order valence-electron chi connectivity index (χ0n) is 15.3. The molecule has 4 aliphatic carbocycles. The lowest BCUT2D eigenvalue weighted by molar-refractivity contribution is -0.166. The molecule has 0 amide bonds. The highest BCUT2D eigenvalue weighted by Gasteiger charge is 2.56. The minimum absolute atomic E-state index is 0.0394. The van der Waals surface area contributed by atoms with Gasteiger partial charge in [0.1, 0.15) is 0 Å². The first-order valence-corrected chi connectivity index (χ1v) is 10.0. The summed E-state index contributed by atoms with van der Waals surface area (Å²) < 4.78 is 20.6. The predicted molar refractivity (Wildman–Crippen MR) is 95.6 cm³/mol. The number of fused-ring (bicyclic) bond motifs is 1. The van der Waals surface area contributed by atoms with E-state index in [1.165, 1.54) is 44.6 Å². The molecule has 3 N–H and O–H groups in total. The van der Waals surface area contributed by atoms with Crippen LogP contribution in [0.2, 0.25) is 0 Å². The van der Waals surface area contributed by atoms with Gasteiger partial charge in [0.15, 0.2) is 17.3 Å². The van der Waals surface area contributed by atoms with E-state index in [0.717, 1.165) is 17.8 Å². The molecule has 1 aliphatic heterocycles. The molecule has 0 spiro atoms. The van der Waals surface area contributed by atoms with Gasteiger partial charge in [-0.05, 0) is 80.4 Å². The second kappa shape index (κ2) is 5.83. The van der Waals surface area contributed by atoms with E-state index in [4.69, 9.17) is 4.74 Å².